The lowest BCUT2D eigenvalue weighted by Crippen LogP contribution is -1.99. The van der Waals surface area contributed by atoms with Crippen molar-refractivity contribution in [2.45, 2.75) is 6.54 Å². The van der Waals surface area contributed by atoms with Gasteiger partial charge in [-0.3, -0.25) is 0 Å². The summed E-state index contributed by atoms with van der Waals surface area (Å²) in [5.74, 6) is 0.669. The number of halogens is 2. The molecule has 1 aromatic rings. The minimum atomic E-state index is -0.859. The predicted molar refractivity (Wildman–Crippen MR) is 40.8 cm³/mol. The maximum atomic E-state index is 11.7. The van der Waals surface area contributed by atoms with E-state index in [9.17, 15) is 8.96 Å². The van der Waals surface area contributed by atoms with Crippen LogP contribution in [0.4, 0.5) is 8.96 Å². The van der Waals surface area contributed by atoms with E-state index in [1.54, 1.807) is 24.3 Å². The van der Waals surface area contributed by atoms with E-state index in [1.165, 1.54) is 7.11 Å². The summed E-state index contributed by atoms with van der Waals surface area (Å²) in [7, 11) is 1.53. The molecular formula is C8H9F2NO. The molecule has 0 fully saturated rings. The van der Waals surface area contributed by atoms with Crippen molar-refractivity contribution >= 4 is 0 Å². The fourth-order valence-electron chi connectivity index (χ4n) is 0.869. The number of methoxy groups -OCH3 is 1. The molecule has 66 valence electrons. The number of benzene rings is 1. The largest absolute Gasteiger partial charge is 0.497 e. The highest BCUT2D eigenvalue weighted by Gasteiger charge is 2.00. The molecule has 0 aliphatic heterocycles. The minimum Gasteiger partial charge on any atom is -0.497 e. The molecule has 0 aliphatic carbocycles. The van der Waals surface area contributed by atoms with E-state index in [4.69, 9.17) is 4.74 Å². The molecule has 0 aromatic heterocycles. The van der Waals surface area contributed by atoms with E-state index < -0.39 is 5.34 Å². The summed E-state index contributed by atoms with van der Waals surface area (Å²) < 4.78 is 28.3. The normalized spacial score (nSPS) is 10.3. The maximum Gasteiger partial charge on any atom is 0.118 e. The molecule has 12 heavy (non-hydrogen) atoms. The van der Waals surface area contributed by atoms with Gasteiger partial charge in [-0.05, 0) is 17.7 Å². The highest BCUT2D eigenvalue weighted by molar-refractivity contribution is 5.26. The van der Waals surface area contributed by atoms with Gasteiger partial charge in [0.1, 0.15) is 5.75 Å². The number of rotatable bonds is 3. The second kappa shape index (κ2) is 4.01. The summed E-state index contributed by atoms with van der Waals surface area (Å²) in [5, 5.41) is -0.859. The molecule has 0 heterocycles. The molecule has 0 unspecified atom stereocenters. The van der Waals surface area contributed by atoms with E-state index in [-0.39, 0.29) is 6.54 Å². The number of hydrogen-bond acceptors (Lipinski definition) is 2. The van der Waals surface area contributed by atoms with Crippen LogP contribution in [0, 0.1) is 0 Å². The third kappa shape index (κ3) is 2.47. The molecule has 1 aromatic carbocycles. The van der Waals surface area contributed by atoms with E-state index >= 15 is 0 Å². The molecule has 2 nitrogen and oxygen atoms in total. The Kier molecular flexibility index (Phi) is 2.99. The van der Waals surface area contributed by atoms with Gasteiger partial charge in [0, 0.05) is 5.34 Å². The van der Waals surface area contributed by atoms with Gasteiger partial charge in [0.05, 0.1) is 13.7 Å². The average Bonchev–Trinajstić information content (AvgIpc) is 2.05. The van der Waals surface area contributed by atoms with Crippen molar-refractivity contribution in [3.05, 3.63) is 29.8 Å². The third-order valence-electron chi connectivity index (χ3n) is 1.46. The topological polar surface area (TPSA) is 12.5 Å². The van der Waals surface area contributed by atoms with Crippen molar-refractivity contribution in [1.29, 1.82) is 0 Å². The van der Waals surface area contributed by atoms with E-state index in [0.717, 1.165) is 0 Å². The Balaban J connectivity index is 2.65. The summed E-state index contributed by atoms with van der Waals surface area (Å²) in [6.07, 6.45) is 0. The van der Waals surface area contributed by atoms with E-state index in [1.807, 2.05) is 0 Å². The molecule has 1 rings (SSSR count). The Morgan fingerprint density at radius 1 is 1.25 bits per heavy atom. The summed E-state index contributed by atoms with van der Waals surface area (Å²) in [5.41, 5.74) is 0.556. The fourth-order valence-corrected chi connectivity index (χ4v) is 0.869. The van der Waals surface area contributed by atoms with Gasteiger partial charge >= 0.3 is 0 Å². The van der Waals surface area contributed by atoms with Gasteiger partial charge in [-0.15, -0.1) is 8.96 Å². The van der Waals surface area contributed by atoms with Crippen molar-refractivity contribution < 1.29 is 13.7 Å². The number of nitrogens with zero attached hydrogens (tertiary/aromatic N) is 1. The lowest BCUT2D eigenvalue weighted by Gasteiger charge is -2.02. The Labute approximate surface area is 69.2 Å². The predicted octanol–water partition coefficient (Wildman–Crippen LogP) is 2.27. The summed E-state index contributed by atoms with van der Waals surface area (Å²) >= 11 is 0. The van der Waals surface area contributed by atoms with Crippen LogP contribution in [0.15, 0.2) is 24.3 Å². The summed E-state index contributed by atoms with van der Waals surface area (Å²) in [4.78, 5) is 0. The lowest BCUT2D eigenvalue weighted by atomic mass is 10.2. The molecule has 0 bridgehead atoms. The molecule has 0 atom stereocenters. The van der Waals surface area contributed by atoms with Gasteiger partial charge in [-0.1, -0.05) is 12.1 Å². The van der Waals surface area contributed by atoms with Crippen LogP contribution in [0.25, 0.3) is 0 Å². The molecular weight excluding hydrogens is 164 g/mol. The van der Waals surface area contributed by atoms with Crippen LogP contribution in [0.2, 0.25) is 0 Å². The Hall–Kier alpha value is -1.16. The zero-order valence-corrected chi connectivity index (χ0v) is 6.63. The van der Waals surface area contributed by atoms with Gasteiger partial charge < -0.3 is 4.74 Å². The zero-order chi connectivity index (χ0) is 8.97. The molecule has 4 heteroatoms. The molecule has 0 N–H and O–H groups in total. The molecule has 0 radical (unpaired) electrons. The maximum absolute atomic E-state index is 11.7. The fraction of sp³-hybridized carbons (Fsp3) is 0.250. The highest BCUT2D eigenvalue weighted by atomic mass is 19.4. The van der Waals surface area contributed by atoms with Crippen molar-refractivity contribution in [3.63, 3.8) is 0 Å². The smallest absolute Gasteiger partial charge is 0.118 e. The van der Waals surface area contributed by atoms with Crippen LogP contribution in [-0.2, 0) is 6.54 Å². The van der Waals surface area contributed by atoms with E-state index in [0.29, 0.717) is 11.3 Å². The molecule has 0 spiro atoms. The Bertz CT molecular complexity index is 235. The second-order valence-corrected chi connectivity index (χ2v) is 2.31. The van der Waals surface area contributed by atoms with Crippen LogP contribution >= 0.6 is 0 Å². The second-order valence-electron chi connectivity index (χ2n) is 2.31. The van der Waals surface area contributed by atoms with Gasteiger partial charge in [-0.2, -0.15) is 0 Å². The summed E-state index contributed by atoms with van der Waals surface area (Å²) in [6.45, 7) is -0.357. The molecule has 0 amide bonds. The van der Waals surface area contributed by atoms with Gasteiger partial charge in [0.15, 0.2) is 0 Å². The van der Waals surface area contributed by atoms with Crippen LogP contribution in [0.3, 0.4) is 0 Å². The van der Waals surface area contributed by atoms with E-state index in [2.05, 4.69) is 0 Å². The quantitative estimate of drug-likeness (QED) is 0.650. The Morgan fingerprint density at radius 3 is 2.25 bits per heavy atom. The van der Waals surface area contributed by atoms with Crippen LogP contribution in [0.1, 0.15) is 5.56 Å². The van der Waals surface area contributed by atoms with Crippen molar-refractivity contribution in [3.8, 4) is 5.75 Å². The standard InChI is InChI=1S/C8H9F2NO/c1-12-8-4-2-7(3-5-8)6-11(9)10/h2-5H,6H2,1H3. The number of hydrogen-bond donors (Lipinski definition) is 0. The summed E-state index contributed by atoms with van der Waals surface area (Å²) in [6, 6.07) is 6.51. The molecule has 0 saturated carbocycles. The number of ether oxygens (including phenoxy) is 1. The SMILES string of the molecule is COc1ccc(CN(F)F)cc1. The Morgan fingerprint density at radius 2 is 1.83 bits per heavy atom. The first-order valence-electron chi connectivity index (χ1n) is 3.44. The third-order valence-corrected chi connectivity index (χ3v) is 1.46. The minimum absolute atomic E-state index is 0.357. The first kappa shape index (κ1) is 8.93. The van der Waals surface area contributed by atoms with Crippen molar-refractivity contribution in [2.24, 2.45) is 0 Å². The average molecular weight is 173 g/mol. The highest BCUT2D eigenvalue weighted by Crippen LogP contribution is 2.12. The lowest BCUT2D eigenvalue weighted by molar-refractivity contribution is -0.161. The van der Waals surface area contributed by atoms with Gasteiger partial charge in [-0.25, -0.2) is 0 Å². The van der Waals surface area contributed by atoms with Crippen LogP contribution in [-0.4, -0.2) is 12.5 Å². The first-order chi connectivity index (χ1) is 5.72. The monoisotopic (exact) mass is 173 g/mol. The van der Waals surface area contributed by atoms with Gasteiger partial charge in [0.25, 0.3) is 0 Å². The van der Waals surface area contributed by atoms with Gasteiger partial charge in [0.2, 0.25) is 0 Å². The van der Waals surface area contributed by atoms with Crippen LogP contribution < -0.4 is 4.74 Å². The zero-order valence-electron chi connectivity index (χ0n) is 6.63. The molecule has 0 aliphatic rings. The van der Waals surface area contributed by atoms with Crippen LogP contribution in [0.5, 0.6) is 5.75 Å². The van der Waals surface area contributed by atoms with Crippen molar-refractivity contribution in [1.82, 2.24) is 5.34 Å². The first-order valence-corrected chi connectivity index (χ1v) is 3.44. The van der Waals surface area contributed by atoms with Crippen molar-refractivity contribution in [2.75, 3.05) is 7.11 Å². The molecule has 0 saturated heterocycles.